The van der Waals surface area contributed by atoms with E-state index in [1.165, 1.54) is 0 Å². The molecule has 0 bridgehead atoms. The largest absolute Gasteiger partial charge is 0.377 e. The maximum absolute atomic E-state index is 9.23. The van der Waals surface area contributed by atoms with Gasteiger partial charge >= 0.3 is 0 Å². The fraction of sp³-hybridized carbons (Fsp3) is 0.188. The van der Waals surface area contributed by atoms with Crippen LogP contribution in [0.15, 0.2) is 40.9 Å². The molecule has 5 heteroatoms. The Bertz CT molecular complexity index is 695. The van der Waals surface area contributed by atoms with Gasteiger partial charge in [0.2, 0.25) is 0 Å². The third kappa shape index (κ3) is 3.91. The highest BCUT2D eigenvalue weighted by Crippen LogP contribution is 2.30. The predicted octanol–water partition coefficient (Wildman–Crippen LogP) is 6.19. The summed E-state index contributed by atoms with van der Waals surface area (Å²) in [6.45, 7) is 2.07. The Morgan fingerprint density at radius 2 is 1.95 bits per heavy atom. The zero-order chi connectivity index (χ0) is 15.4. The maximum Gasteiger partial charge on any atom is 0.101 e. The van der Waals surface area contributed by atoms with Crippen molar-refractivity contribution >= 4 is 44.8 Å². The maximum atomic E-state index is 9.23. The van der Waals surface area contributed by atoms with Crippen molar-refractivity contribution in [1.29, 1.82) is 5.26 Å². The minimum Gasteiger partial charge on any atom is -0.377 e. The molecule has 108 valence electrons. The fourth-order valence-electron chi connectivity index (χ4n) is 2.07. The van der Waals surface area contributed by atoms with Crippen LogP contribution in [-0.2, 0) is 0 Å². The van der Waals surface area contributed by atoms with Gasteiger partial charge < -0.3 is 5.32 Å². The van der Waals surface area contributed by atoms with Gasteiger partial charge in [0, 0.05) is 4.47 Å². The van der Waals surface area contributed by atoms with Gasteiger partial charge in [-0.3, -0.25) is 0 Å². The van der Waals surface area contributed by atoms with E-state index in [1.54, 1.807) is 12.1 Å². The van der Waals surface area contributed by atoms with Gasteiger partial charge in [-0.2, -0.15) is 5.26 Å². The van der Waals surface area contributed by atoms with E-state index in [0.717, 1.165) is 22.1 Å². The number of hydrogen-bond acceptors (Lipinski definition) is 2. The lowest BCUT2D eigenvalue weighted by molar-refractivity contribution is 0.749. The number of rotatable bonds is 4. The van der Waals surface area contributed by atoms with Crippen molar-refractivity contribution in [3.8, 4) is 6.07 Å². The predicted molar refractivity (Wildman–Crippen MR) is 92.0 cm³/mol. The summed E-state index contributed by atoms with van der Waals surface area (Å²) in [4.78, 5) is 0. The van der Waals surface area contributed by atoms with Crippen molar-refractivity contribution in [3.05, 3.63) is 62.0 Å². The summed E-state index contributed by atoms with van der Waals surface area (Å²) in [6, 6.07) is 13.4. The fourth-order valence-corrected chi connectivity index (χ4v) is 2.74. The highest BCUT2D eigenvalue weighted by Gasteiger charge is 2.13. The Morgan fingerprint density at radius 3 is 2.57 bits per heavy atom. The lowest BCUT2D eigenvalue weighted by Gasteiger charge is -2.20. The molecule has 0 saturated carbocycles. The van der Waals surface area contributed by atoms with Crippen molar-refractivity contribution in [2.24, 2.45) is 0 Å². The van der Waals surface area contributed by atoms with Gasteiger partial charge in [-0.15, -0.1) is 0 Å². The van der Waals surface area contributed by atoms with Crippen LogP contribution in [0.2, 0.25) is 10.0 Å². The van der Waals surface area contributed by atoms with Crippen LogP contribution in [0.3, 0.4) is 0 Å². The molecule has 0 aliphatic rings. The van der Waals surface area contributed by atoms with E-state index in [0.29, 0.717) is 15.6 Å². The van der Waals surface area contributed by atoms with Gasteiger partial charge in [-0.25, -0.2) is 0 Å². The van der Waals surface area contributed by atoms with Crippen molar-refractivity contribution in [2.45, 2.75) is 19.4 Å². The molecule has 0 aliphatic heterocycles. The number of nitrogens with zero attached hydrogens (tertiary/aromatic N) is 1. The lowest BCUT2D eigenvalue weighted by Crippen LogP contribution is -2.10. The van der Waals surface area contributed by atoms with Crippen LogP contribution in [0, 0.1) is 11.3 Å². The third-order valence-corrected chi connectivity index (χ3v) is 4.42. The van der Waals surface area contributed by atoms with Gasteiger partial charge in [0.05, 0.1) is 27.3 Å². The van der Waals surface area contributed by atoms with E-state index in [9.17, 15) is 5.26 Å². The quantitative estimate of drug-likeness (QED) is 0.682. The minimum absolute atomic E-state index is 0.0630. The molecule has 0 fully saturated rings. The van der Waals surface area contributed by atoms with Crippen molar-refractivity contribution < 1.29 is 0 Å². The molecule has 0 heterocycles. The number of halogens is 3. The molecule has 0 radical (unpaired) electrons. The van der Waals surface area contributed by atoms with Gasteiger partial charge in [-0.1, -0.05) is 52.1 Å². The molecular weight excluding hydrogens is 371 g/mol. The average molecular weight is 384 g/mol. The second-order valence-corrected chi connectivity index (χ2v) is 6.31. The Morgan fingerprint density at radius 1 is 1.19 bits per heavy atom. The van der Waals surface area contributed by atoms with Crippen LogP contribution in [0.1, 0.15) is 30.5 Å². The molecule has 2 rings (SSSR count). The molecule has 0 saturated heterocycles. The normalized spacial score (nSPS) is 11.8. The van der Waals surface area contributed by atoms with E-state index in [4.69, 9.17) is 23.2 Å². The molecule has 1 N–H and O–H groups in total. The van der Waals surface area contributed by atoms with E-state index < -0.39 is 0 Å². The number of hydrogen-bond donors (Lipinski definition) is 1. The standard InChI is InChI=1S/C16H13BrCl2N2/c1-2-15(10-3-5-13(18)14(19)8-10)21-16-6-4-12(17)7-11(16)9-20/h3-8,15,21H,2H2,1H3. The summed E-state index contributed by atoms with van der Waals surface area (Å²) in [5, 5.41) is 13.7. The van der Waals surface area contributed by atoms with Crippen molar-refractivity contribution in [3.63, 3.8) is 0 Å². The lowest BCUT2D eigenvalue weighted by atomic mass is 10.0. The van der Waals surface area contributed by atoms with E-state index in [2.05, 4.69) is 34.2 Å². The molecule has 21 heavy (non-hydrogen) atoms. The Balaban J connectivity index is 2.31. The number of anilines is 1. The molecule has 2 aromatic rings. The second-order valence-electron chi connectivity index (χ2n) is 4.58. The first-order chi connectivity index (χ1) is 10.0. The zero-order valence-corrected chi connectivity index (χ0v) is 14.4. The van der Waals surface area contributed by atoms with Crippen molar-refractivity contribution in [2.75, 3.05) is 5.32 Å². The first-order valence-electron chi connectivity index (χ1n) is 6.46. The summed E-state index contributed by atoms with van der Waals surface area (Å²) in [7, 11) is 0. The highest BCUT2D eigenvalue weighted by atomic mass is 79.9. The molecule has 1 atom stereocenters. The summed E-state index contributed by atoms with van der Waals surface area (Å²) in [6.07, 6.45) is 0.860. The van der Waals surface area contributed by atoms with Crippen LogP contribution in [-0.4, -0.2) is 0 Å². The minimum atomic E-state index is 0.0630. The summed E-state index contributed by atoms with van der Waals surface area (Å²) < 4.78 is 0.882. The Hall–Kier alpha value is -1.21. The molecule has 0 amide bonds. The van der Waals surface area contributed by atoms with Crippen LogP contribution in [0.25, 0.3) is 0 Å². The highest BCUT2D eigenvalue weighted by molar-refractivity contribution is 9.10. The van der Waals surface area contributed by atoms with Crippen LogP contribution in [0.5, 0.6) is 0 Å². The summed E-state index contributed by atoms with van der Waals surface area (Å²) >= 11 is 15.4. The Labute approximate surface area is 142 Å². The first kappa shape index (κ1) is 16.2. The number of nitriles is 1. The molecule has 0 aromatic heterocycles. The zero-order valence-electron chi connectivity index (χ0n) is 11.3. The molecule has 0 aliphatic carbocycles. The topological polar surface area (TPSA) is 35.8 Å². The summed E-state index contributed by atoms with van der Waals surface area (Å²) in [5.41, 5.74) is 2.44. The monoisotopic (exact) mass is 382 g/mol. The molecular formula is C16H13BrCl2N2. The average Bonchev–Trinajstić information content (AvgIpc) is 2.48. The number of benzene rings is 2. The SMILES string of the molecule is CCC(Nc1ccc(Br)cc1C#N)c1ccc(Cl)c(Cl)c1. The van der Waals surface area contributed by atoms with E-state index in [-0.39, 0.29) is 6.04 Å². The van der Waals surface area contributed by atoms with E-state index >= 15 is 0 Å². The molecule has 0 spiro atoms. The van der Waals surface area contributed by atoms with Crippen molar-refractivity contribution in [1.82, 2.24) is 0 Å². The summed E-state index contributed by atoms with van der Waals surface area (Å²) in [5.74, 6) is 0. The van der Waals surface area contributed by atoms with Gasteiger partial charge in [0.25, 0.3) is 0 Å². The van der Waals surface area contributed by atoms with Gasteiger partial charge in [0.15, 0.2) is 0 Å². The first-order valence-corrected chi connectivity index (χ1v) is 8.01. The smallest absolute Gasteiger partial charge is 0.101 e. The second kappa shape index (κ2) is 7.17. The van der Waals surface area contributed by atoms with E-state index in [1.807, 2.05) is 24.3 Å². The van der Waals surface area contributed by atoms with Gasteiger partial charge in [0.1, 0.15) is 6.07 Å². The molecule has 2 nitrogen and oxygen atoms in total. The number of nitrogens with one attached hydrogen (secondary N) is 1. The third-order valence-electron chi connectivity index (χ3n) is 3.19. The molecule has 1 unspecified atom stereocenters. The van der Waals surface area contributed by atoms with Crippen LogP contribution in [0.4, 0.5) is 5.69 Å². The van der Waals surface area contributed by atoms with Crippen LogP contribution < -0.4 is 5.32 Å². The van der Waals surface area contributed by atoms with Crippen LogP contribution >= 0.6 is 39.1 Å². The van der Waals surface area contributed by atoms with Gasteiger partial charge in [-0.05, 0) is 42.3 Å². The molecule has 2 aromatic carbocycles. The Kier molecular flexibility index (Phi) is 5.52.